The molecule has 1 fully saturated rings. The molecule has 1 amide bonds. The summed E-state index contributed by atoms with van der Waals surface area (Å²) in [6.45, 7) is 5.77. The number of nitrogens with one attached hydrogen (secondary N) is 1. The largest absolute Gasteiger partial charge is 0.480 e. The Bertz CT molecular complexity index is 777. The molecule has 0 spiro atoms. The fourth-order valence-electron chi connectivity index (χ4n) is 2.70. The predicted molar refractivity (Wildman–Crippen MR) is 84.3 cm³/mol. The summed E-state index contributed by atoms with van der Waals surface area (Å²) < 4.78 is 1.80. The van der Waals surface area contributed by atoms with Crippen molar-refractivity contribution in [3.05, 3.63) is 23.5 Å². The highest BCUT2D eigenvalue weighted by Crippen LogP contribution is 2.33. The van der Waals surface area contributed by atoms with Crippen molar-refractivity contribution < 1.29 is 14.7 Å². The SMILES string of the molecule is Cc1nc2c(cnn2C(C)C)cc1C(=O)NC(C(=O)O)C1CC1. The van der Waals surface area contributed by atoms with Crippen LogP contribution in [0.15, 0.2) is 12.3 Å². The molecule has 2 N–H and O–H groups in total. The van der Waals surface area contributed by atoms with Crippen LogP contribution in [0.4, 0.5) is 0 Å². The molecule has 0 bridgehead atoms. The lowest BCUT2D eigenvalue weighted by molar-refractivity contribution is -0.139. The third-order valence-corrected chi connectivity index (χ3v) is 4.14. The Kier molecular flexibility index (Phi) is 3.79. The molecule has 23 heavy (non-hydrogen) atoms. The molecule has 1 aliphatic rings. The average molecular weight is 316 g/mol. The molecule has 0 aromatic carbocycles. The van der Waals surface area contributed by atoms with Gasteiger partial charge in [-0.1, -0.05) is 0 Å². The number of hydrogen-bond donors (Lipinski definition) is 2. The number of nitrogens with zero attached hydrogens (tertiary/aromatic N) is 3. The van der Waals surface area contributed by atoms with Gasteiger partial charge in [-0.05, 0) is 45.6 Å². The van der Waals surface area contributed by atoms with Gasteiger partial charge in [-0.15, -0.1) is 0 Å². The van der Waals surface area contributed by atoms with E-state index in [2.05, 4.69) is 15.4 Å². The highest BCUT2D eigenvalue weighted by molar-refractivity contribution is 6.00. The summed E-state index contributed by atoms with van der Waals surface area (Å²) in [5.41, 5.74) is 1.69. The van der Waals surface area contributed by atoms with Crippen molar-refractivity contribution >= 4 is 22.9 Å². The van der Waals surface area contributed by atoms with Crippen LogP contribution in [0, 0.1) is 12.8 Å². The van der Waals surface area contributed by atoms with E-state index in [1.165, 1.54) is 0 Å². The van der Waals surface area contributed by atoms with Crippen LogP contribution in [-0.4, -0.2) is 37.8 Å². The lowest BCUT2D eigenvalue weighted by Crippen LogP contribution is -2.42. The first-order valence-corrected chi connectivity index (χ1v) is 7.77. The van der Waals surface area contributed by atoms with Gasteiger partial charge in [-0.25, -0.2) is 14.5 Å². The van der Waals surface area contributed by atoms with Gasteiger partial charge in [0.2, 0.25) is 0 Å². The monoisotopic (exact) mass is 316 g/mol. The number of aliphatic carboxylic acids is 1. The molecular formula is C16H20N4O3. The second-order valence-electron chi connectivity index (χ2n) is 6.34. The third kappa shape index (κ3) is 2.91. The van der Waals surface area contributed by atoms with Crippen molar-refractivity contribution in [1.29, 1.82) is 0 Å². The summed E-state index contributed by atoms with van der Waals surface area (Å²) in [4.78, 5) is 28.2. The Balaban J connectivity index is 1.91. The summed E-state index contributed by atoms with van der Waals surface area (Å²) in [7, 11) is 0. The van der Waals surface area contributed by atoms with Crippen LogP contribution >= 0.6 is 0 Å². The lowest BCUT2D eigenvalue weighted by atomic mass is 10.1. The topological polar surface area (TPSA) is 97.1 Å². The van der Waals surface area contributed by atoms with Crippen molar-refractivity contribution in [2.45, 2.75) is 45.7 Å². The lowest BCUT2D eigenvalue weighted by Gasteiger charge is -2.14. The zero-order chi connectivity index (χ0) is 16.7. The highest BCUT2D eigenvalue weighted by atomic mass is 16.4. The van der Waals surface area contributed by atoms with Crippen molar-refractivity contribution in [3.8, 4) is 0 Å². The normalized spacial score (nSPS) is 15.8. The second kappa shape index (κ2) is 5.64. The molecule has 7 nitrogen and oxygen atoms in total. The molecule has 1 atom stereocenters. The van der Waals surface area contributed by atoms with Gasteiger partial charge in [0.05, 0.1) is 17.5 Å². The van der Waals surface area contributed by atoms with Gasteiger partial charge in [-0.3, -0.25) is 4.79 Å². The Labute approximate surface area is 133 Å². The van der Waals surface area contributed by atoms with Gasteiger partial charge in [0.1, 0.15) is 6.04 Å². The van der Waals surface area contributed by atoms with Crippen LogP contribution in [0.2, 0.25) is 0 Å². The molecule has 0 aliphatic heterocycles. The van der Waals surface area contributed by atoms with Crippen molar-refractivity contribution in [1.82, 2.24) is 20.1 Å². The average Bonchev–Trinajstić information content (AvgIpc) is 3.23. The number of amides is 1. The summed E-state index contributed by atoms with van der Waals surface area (Å²) in [6, 6.07) is 1.08. The van der Waals surface area contributed by atoms with Gasteiger partial charge in [0.25, 0.3) is 5.91 Å². The number of hydrogen-bond acceptors (Lipinski definition) is 4. The quantitative estimate of drug-likeness (QED) is 0.878. The number of aromatic nitrogens is 3. The minimum atomic E-state index is -0.986. The molecule has 0 saturated heterocycles. The fraction of sp³-hybridized carbons (Fsp3) is 0.500. The Morgan fingerprint density at radius 2 is 2.09 bits per heavy atom. The van der Waals surface area contributed by atoms with E-state index in [1.54, 1.807) is 23.9 Å². The van der Waals surface area contributed by atoms with Gasteiger partial charge in [0, 0.05) is 11.4 Å². The fourth-order valence-corrected chi connectivity index (χ4v) is 2.70. The number of rotatable bonds is 5. The maximum absolute atomic E-state index is 12.5. The summed E-state index contributed by atoms with van der Waals surface area (Å²) in [5.74, 6) is -1.34. The molecule has 122 valence electrons. The predicted octanol–water partition coefficient (Wildman–Crippen LogP) is 1.91. The Morgan fingerprint density at radius 3 is 2.65 bits per heavy atom. The Morgan fingerprint density at radius 1 is 1.39 bits per heavy atom. The molecule has 3 rings (SSSR count). The van der Waals surface area contributed by atoms with Crippen molar-refractivity contribution in [2.24, 2.45) is 5.92 Å². The number of carbonyl (C=O) groups excluding carboxylic acids is 1. The van der Waals surface area contributed by atoms with Gasteiger partial charge in [0.15, 0.2) is 5.65 Å². The van der Waals surface area contributed by atoms with Crippen LogP contribution < -0.4 is 5.32 Å². The van der Waals surface area contributed by atoms with E-state index >= 15 is 0 Å². The first-order chi connectivity index (χ1) is 10.9. The molecule has 2 aromatic rings. The van der Waals surface area contributed by atoms with Crippen LogP contribution in [0.1, 0.15) is 48.8 Å². The van der Waals surface area contributed by atoms with Crippen LogP contribution in [0.3, 0.4) is 0 Å². The molecule has 1 unspecified atom stereocenters. The Hall–Kier alpha value is -2.44. The number of aryl methyl sites for hydroxylation is 1. The van der Waals surface area contributed by atoms with Gasteiger partial charge >= 0.3 is 5.97 Å². The third-order valence-electron chi connectivity index (χ3n) is 4.14. The maximum atomic E-state index is 12.5. The molecule has 2 heterocycles. The van der Waals surface area contributed by atoms with Crippen LogP contribution in [-0.2, 0) is 4.79 Å². The molecule has 1 saturated carbocycles. The number of pyridine rings is 1. The van der Waals surface area contributed by atoms with E-state index in [9.17, 15) is 14.7 Å². The smallest absolute Gasteiger partial charge is 0.326 e. The second-order valence-corrected chi connectivity index (χ2v) is 6.34. The van der Waals surface area contributed by atoms with Gasteiger partial charge < -0.3 is 10.4 Å². The first-order valence-electron chi connectivity index (χ1n) is 7.77. The minimum Gasteiger partial charge on any atom is -0.480 e. The summed E-state index contributed by atoms with van der Waals surface area (Å²) in [6.07, 6.45) is 3.36. The zero-order valence-electron chi connectivity index (χ0n) is 13.4. The highest BCUT2D eigenvalue weighted by Gasteiger charge is 2.37. The van der Waals surface area contributed by atoms with Crippen LogP contribution in [0.25, 0.3) is 11.0 Å². The molecule has 1 aliphatic carbocycles. The summed E-state index contributed by atoms with van der Waals surface area (Å²) >= 11 is 0. The van der Waals surface area contributed by atoms with E-state index in [-0.39, 0.29) is 12.0 Å². The summed E-state index contributed by atoms with van der Waals surface area (Å²) in [5, 5.41) is 16.9. The number of carboxylic acid groups (broad SMARTS) is 1. The zero-order valence-corrected chi connectivity index (χ0v) is 13.4. The number of carbonyl (C=O) groups is 2. The molecule has 2 aromatic heterocycles. The number of carboxylic acids is 1. The standard InChI is InChI=1S/C16H20N4O3/c1-8(2)20-14-11(7-17-20)6-12(9(3)18-14)15(21)19-13(16(22)23)10-4-5-10/h6-8,10,13H,4-5H2,1-3H3,(H,19,21)(H,22,23). The number of fused-ring (bicyclic) bond motifs is 1. The first kappa shape index (κ1) is 15.5. The maximum Gasteiger partial charge on any atom is 0.326 e. The van der Waals surface area contributed by atoms with E-state index < -0.39 is 17.9 Å². The molecule has 7 heteroatoms. The van der Waals surface area contributed by atoms with E-state index in [0.29, 0.717) is 11.3 Å². The van der Waals surface area contributed by atoms with Crippen molar-refractivity contribution in [2.75, 3.05) is 0 Å². The van der Waals surface area contributed by atoms with E-state index in [0.717, 1.165) is 23.9 Å². The van der Waals surface area contributed by atoms with Crippen LogP contribution in [0.5, 0.6) is 0 Å². The van der Waals surface area contributed by atoms with E-state index in [1.807, 2.05) is 13.8 Å². The van der Waals surface area contributed by atoms with E-state index in [4.69, 9.17) is 0 Å². The minimum absolute atomic E-state index is 0.0390. The van der Waals surface area contributed by atoms with Crippen molar-refractivity contribution in [3.63, 3.8) is 0 Å². The van der Waals surface area contributed by atoms with Gasteiger partial charge in [-0.2, -0.15) is 5.10 Å². The molecular weight excluding hydrogens is 296 g/mol. The molecule has 0 radical (unpaired) electrons.